The molecule has 1 aliphatic heterocycles. The Labute approximate surface area is 214 Å². The van der Waals surface area contributed by atoms with Crippen LogP contribution in [0.2, 0.25) is 0 Å². The Balaban J connectivity index is 1.44. The van der Waals surface area contributed by atoms with Gasteiger partial charge in [-0.05, 0) is 66.6 Å². The number of carbonyl (C=O) groups is 1. The third kappa shape index (κ3) is 5.88. The van der Waals surface area contributed by atoms with Gasteiger partial charge in [-0.3, -0.25) is 9.69 Å². The van der Waals surface area contributed by atoms with E-state index in [1.54, 1.807) is 31.2 Å². The predicted molar refractivity (Wildman–Crippen MR) is 142 cm³/mol. The maximum absolute atomic E-state index is 13.3. The minimum atomic E-state index is -3.36. The number of benzene rings is 2. The molecule has 0 saturated heterocycles. The van der Waals surface area contributed by atoms with E-state index in [0.29, 0.717) is 16.7 Å². The molecule has 1 saturated carbocycles. The van der Waals surface area contributed by atoms with Crippen molar-refractivity contribution >= 4 is 21.3 Å². The van der Waals surface area contributed by atoms with Gasteiger partial charge >= 0.3 is 0 Å². The minimum absolute atomic E-state index is 0.0126. The predicted octanol–water partition coefficient (Wildman–Crippen LogP) is 4.63. The van der Waals surface area contributed by atoms with Crippen LogP contribution in [0, 0.1) is 11.3 Å². The Hall–Kier alpha value is -2.95. The fraction of sp³-hybridized carbons (Fsp3) is 0.448. The summed E-state index contributed by atoms with van der Waals surface area (Å²) in [4.78, 5) is 16.0. The Morgan fingerprint density at radius 3 is 2.64 bits per heavy atom. The molecule has 0 atom stereocenters. The lowest BCUT2D eigenvalue weighted by Gasteiger charge is -2.40. The van der Waals surface area contributed by atoms with E-state index in [1.165, 1.54) is 17.5 Å². The number of nitriles is 1. The van der Waals surface area contributed by atoms with Crippen LogP contribution in [0.15, 0.2) is 53.9 Å². The smallest absolute Gasteiger partial charge is 0.251 e. The van der Waals surface area contributed by atoms with Crippen molar-refractivity contribution in [1.29, 1.82) is 5.26 Å². The third-order valence-corrected chi connectivity index (χ3v) is 9.45. The Bertz CT molecular complexity index is 1290. The molecular formula is C29H35N3O3S. The molecule has 1 N–H and O–H groups in total. The van der Waals surface area contributed by atoms with Crippen LogP contribution in [0.3, 0.4) is 0 Å². The molecular weight excluding hydrogens is 470 g/mol. The highest BCUT2D eigenvalue weighted by atomic mass is 32.2. The van der Waals surface area contributed by atoms with Crippen LogP contribution in [0.1, 0.15) is 67.7 Å². The minimum Gasteiger partial charge on any atom is -0.347 e. The van der Waals surface area contributed by atoms with Crippen LogP contribution in [0.5, 0.6) is 0 Å². The molecule has 2 aliphatic rings. The van der Waals surface area contributed by atoms with E-state index in [4.69, 9.17) is 5.26 Å². The Morgan fingerprint density at radius 1 is 1.14 bits per heavy atom. The maximum atomic E-state index is 13.3. The van der Waals surface area contributed by atoms with Crippen LogP contribution >= 0.6 is 0 Å². The highest BCUT2D eigenvalue weighted by Gasteiger charge is 2.35. The topological polar surface area (TPSA) is 90.3 Å². The second kappa shape index (κ2) is 11.0. The van der Waals surface area contributed by atoms with Gasteiger partial charge in [-0.2, -0.15) is 5.26 Å². The van der Waals surface area contributed by atoms with Crippen molar-refractivity contribution in [3.63, 3.8) is 0 Å². The van der Waals surface area contributed by atoms with Gasteiger partial charge in [-0.15, -0.1) is 0 Å². The van der Waals surface area contributed by atoms with Gasteiger partial charge in [-0.1, -0.05) is 51.0 Å². The second-order valence-electron chi connectivity index (χ2n) is 10.1. The molecule has 0 spiro atoms. The molecule has 1 amide bonds. The molecule has 0 aromatic heterocycles. The molecule has 36 heavy (non-hydrogen) atoms. The summed E-state index contributed by atoms with van der Waals surface area (Å²) in [6.45, 7) is 8.32. The molecule has 2 aromatic rings. The first-order chi connectivity index (χ1) is 17.2. The highest BCUT2D eigenvalue weighted by molar-refractivity contribution is 7.91. The molecule has 0 radical (unpaired) electrons. The molecule has 2 aromatic carbocycles. The van der Waals surface area contributed by atoms with Crippen molar-refractivity contribution in [2.24, 2.45) is 0 Å². The van der Waals surface area contributed by atoms with Crippen LogP contribution in [0.4, 0.5) is 0 Å². The zero-order valence-electron chi connectivity index (χ0n) is 21.1. The van der Waals surface area contributed by atoms with E-state index in [1.807, 2.05) is 12.1 Å². The first-order valence-corrected chi connectivity index (χ1v) is 14.5. The van der Waals surface area contributed by atoms with Gasteiger partial charge in [0.2, 0.25) is 0 Å². The summed E-state index contributed by atoms with van der Waals surface area (Å²) >= 11 is 0. The first kappa shape index (κ1) is 26.1. The summed E-state index contributed by atoms with van der Waals surface area (Å²) in [6, 6.07) is 14.7. The monoisotopic (exact) mass is 505 g/mol. The summed E-state index contributed by atoms with van der Waals surface area (Å²) in [5.41, 5.74) is 3.80. The van der Waals surface area contributed by atoms with Crippen LogP contribution in [0.25, 0.3) is 5.57 Å². The van der Waals surface area contributed by atoms with Crippen LogP contribution < -0.4 is 5.32 Å². The molecule has 0 bridgehead atoms. The summed E-state index contributed by atoms with van der Waals surface area (Å²) in [6.07, 6.45) is 7.00. The van der Waals surface area contributed by atoms with E-state index in [0.717, 1.165) is 58.2 Å². The highest BCUT2D eigenvalue weighted by Crippen LogP contribution is 2.33. The fourth-order valence-electron chi connectivity index (χ4n) is 5.40. The zero-order chi connectivity index (χ0) is 25.8. The number of hydrogen-bond donors (Lipinski definition) is 1. The number of amides is 1. The molecule has 1 aliphatic carbocycles. The summed E-state index contributed by atoms with van der Waals surface area (Å²) in [5.74, 6) is -0.213. The number of sulfone groups is 1. The summed E-state index contributed by atoms with van der Waals surface area (Å²) < 4.78 is 24.6. The molecule has 7 heteroatoms. The van der Waals surface area contributed by atoms with Gasteiger partial charge in [-0.25, -0.2) is 8.42 Å². The molecule has 1 heterocycles. The molecule has 190 valence electrons. The second-order valence-corrected chi connectivity index (χ2v) is 12.4. The molecule has 6 nitrogen and oxygen atoms in total. The largest absolute Gasteiger partial charge is 0.347 e. The normalized spacial score (nSPS) is 17.6. The number of rotatable bonds is 8. The fourth-order valence-corrected chi connectivity index (χ4v) is 6.33. The maximum Gasteiger partial charge on any atom is 0.251 e. The van der Waals surface area contributed by atoms with Crippen molar-refractivity contribution < 1.29 is 13.2 Å². The van der Waals surface area contributed by atoms with E-state index in [2.05, 4.69) is 28.9 Å². The lowest BCUT2D eigenvalue weighted by Crippen LogP contribution is -2.51. The van der Waals surface area contributed by atoms with Gasteiger partial charge in [0.25, 0.3) is 5.91 Å². The first-order valence-electron chi connectivity index (χ1n) is 12.8. The van der Waals surface area contributed by atoms with Crippen molar-refractivity contribution in [2.45, 2.75) is 68.8 Å². The molecule has 0 unspecified atom stereocenters. The van der Waals surface area contributed by atoms with Gasteiger partial charge in [0.05, 0.1) is 22.3 Å². The number of fused-ring (bicyclic) bond motifs is 1. The SMILES string of the molecule is C=C(C(=O)NC1(CCN2CCc3cc(C#N)ccc3C2)CCCCC1)c1cccc(S(=O)(=O)CC)c1. The lowest BCUT2D eigenvalue weighted by atomic mass is 9.78. The quantitative estimate of drug-likeness (QED) is 0.528. The number of hydrogen-bond acceptors (Lipinski definition) is 5. The van der Waals surface area contributed by atoms with E-state index in [-0.39, 0.29) is 22.1 Å². The van der Waals surface area contributed by atoms with Gasteiger partial charge < -0.3 is 5.32 Å². The summed E-state index contributed by atoms with van der Waals surface area (Å²) in [5, 5.41) is 12.5. The van der Waals surface area contributed by atoms with Crippen molar-refractivity contribution in [3.05, 3.63) is 71.3 Å². The lowest BCUT2D eigenvalue weighted by molar-refractivity contribution is -0.118. The Kier molecular flexibility index (Phi) is 7.97. The van der Waals surface area contributed by atoms with Crippen molar-refractivity contribution in [3.8, 4) is 6.07 Å². The average Bonchev–Trinajstić information content (AvgIpc) is 2.91. The molecule has 1 fully saturated rings. The van der Waals surface area contributed by atoms with Gasteiger partial charge in [0, 0.05) is 30.7 Å². The number of nitrogens with one attached hydrogen (secondary N) is 1. The van der Waals surface area contributed by atoms with Gasteiger partial charge in [0.15, 0.2) is 9.84 Å². The standard InChI is InChI=1S/C29H35N3O3S/c1-3-36(34,35)27-9-7-8-24(19-27)22(2)28(33)31-29(13-5-4-6-14-29)15-17-32-16-12-25-18-23(20-30)10-11-26(25)21-32/h7-11,18-19H,2-6,12-17,21H2,1H3,(H,31,33). The molecule has 4 rings (SSSR count). The average molecular weight is 506 g/mol. The van der Waals surface area contributed by atoms with E-state index >= 15 is 0 Å². The van der Waals surface area contributed by atoms with Crippen molar-refractivity contribution in [2.75, 3.05) is 18.8 Å². The summed E-state index contributed by atoms with van der Waals surface area (Å²) in [7, 11) is -3.36. The Morgan fingerprint density at radius 2 is 1.92 bits per heavy atom. The van der Waals surface area contributed by atoms with Crippen LogP contribution in [-0.4, -0.2) is 43.6 Å². The van der Waals surface area contributed by atoms with E-state index < -0.39 is 9.84 Å². The number of nitrogens with zero attached hydrogens (tertiary/aromatic N) is 2. The third-order valence-electron chi connectivity index (χ3n) is 7.72. The van der Waals surface area contributed by atoms with Gasteiger partial charge in [0.1, 0.15) is 0 Å². The number of carbonyl (C=O) groups excluding carboxylic acids is 1. The van der Waals surface area contributed by atoms with Crippen molar-refractivity contribution in [1.82, 2.24) is 10.2 Å². The van der Waals surface area contributed by atoms with Crippen LogP contribution in [-0.2, 0) is 27.6 Å². The zero-order valence-corrected chi connectivity index (χ0v) is 21.9. The van der Waals surface area contributed by atoms with E-state index in [9.17, 15) is 13.2 Å².